The Morgan fingerprint density at radius 1 is 1.18 bits per heavy atom. The molecule has 0 radical (unpaired) electrons. The normalized spacial score (nSPS) is 17.0. The maximum atomic E-state index is 12.6. The lowest BCUT2D eigenvalue weighted by atomic mass is 9.87. The minimum Gasteiger partial charge on any atom is -0.493 e. The second-order valence-electron chi connectivity index (χ2n) is 10.4. The fourth-order valence-corrected chi connectivity index (χ4v) is 5.30. The summed E-state index contributed by atoms with van der Waals surface area (Å²) in [6, 6.07) is 15.9. The van der Waals surface area contributed by atoms with Gasteiger partial charge in [-0.3, -0.25) is 4.79 Å². The Hall–Kier alpha value is -3.08. The predicted molar refractivity (Wildman–Crippen MR) is 156 cm³/mol. The minimum absolute atomic E-state index is 0.0156. The summed E-state index contributed by atoms with van der Waals surface area (Å²) in [6.45, 7) is 7.39. The van der Waals surface area contributed by atoms with E-state index in [0.717, 1.165) is 27.0 Å². The average molecular weight is 647 g/mol. The van der Waals surface area contributed by atoms with E-state index in [1.807, 2.05) is 57.2 Å². The minimum atomic E-state index is -0.877. The van der Waals surface area contributed by atoms with Crippen molar-refractivity contribution in [3.63, 3.8) is 0 Å². The standard InChI is InChI=1S/C30H35IN2O6/c1-19(2)18-38-30(36)33-16-24(14-28(34)35)26(17-33)22-7-5-9-25(13-22)37-11-10-27-20(3)39-29(32-27)23-8-4-6-21(12-23)15-31/h4-9,12-13,19,24,26H,10-11,14-18H2,1-3H3,(H,34,35)/t24-,26-/m0/s1. The first-order valence-electron chi connectivity index (χ1n) is 13.2. The van der Waals surface area contributed by atoms with E-state index in [-0.39, 0.29) is 24.2 Å². The summed E-state index contributed by atoms with van der Waals surface area (Å²) in [5.41, 5.74) is 3.99. The van der Waals surface area contributed by atoms with E-state index in [0.29, 0.717) is 44.4 Å². The lowest BCUT2D eigenvalue weighted by Gasteiger charge is -2.18. The Labute approximate surface area is 242 Å². The third-order valence-corrected chi connectivity index (χ3v) is 7.67. The zero-order chi connectivity index (χ0) is 27.9. The van der Waals surface area contributed by atoms with E-state index in [1.54, 1.807) is 4.90 Å². The Morgan fingerprint density at radius 3 is 2.72 bits per heavy atom. The molecule has 0 aliphatic carbocycles. The topological polar surface area (TPSA) is 102 Å². The second kappa shape index (κ2) is 13.3. The lowest BCUT2D eigenvalue weighted by Crippen LogP contribution is -2.30. The van der Waals surface area contributed by atoms with Gasteiger partial charge in [-0.15, -0.1) is 0 Å². The molecule has 0 bridgehead atoms. The number of carboxylic acids is 1. The zero-order valence-corrected chi connectivity index (χ0v) is 24.7. The maximum Gasteiger partial charge on any atom is 0.409 e. The smallest absolute Gasteiger partial charge is 0.409 e. The number of aromatic nitrogens is 1. The van der Waals surface area contributed by atoms with E-state index in [4.69, 9.17) is 18.9 Å². The van der Waals surface area contributed by atoms with Crippen LogP contribution in [0.25, 0.3) is 11.5 Å². The maximum absolute atomic E-state index is 12.6. The van der Waals surface area contributed by atoms with Gasteiger partial charge in [0.1, 0.15) is 11.5 Å². The number of carbonyl (C=O) groups is 2. The van der Waals surface area contributed by atoms with Crippen molar-refractivity contribution >= 4 is 34.7 Å². The summed E-state index contributed by atoms with van der Waals surface area (Å²) in [5, 5.41) is 9.47. The molecule has 1 saturated heterocycles. The number of oxazole rings is 1. The summed E-state index contributed by atoms with van der Waals surface area (Å²) >= 11 is 2.34. The first kappa shape index (κ1) is 28.9. The Kier molecular flexibility index (Phi) is 9.88. The van der Waals surface area contributed by atoms with Gasteiger partial charge in [-0.25, -0.2) is 9.78 Å². The molecule has 8 nitrogen and oxygen atoms in total. The van der Waals surface area contributed by atoms with Crippen LogP contribution in [0.3, 0.4) is 0 Å². The van der Waals surface area contributed by atoms with E-state index in [1.165, 1.54) is 5.56 Å². The van der Waals surface area contributed by atoms with Crippen LogP contribution in [0.15, 0.2) is 52.9 Å². The Bertz CT molecular complexity index is 1290. The van der Waals surface area contributed by atoms with Crippen LogP contribution in [0, 0.1) is 18.8 Å². The van der Waals surface area contributed by atoms with E-state index < -0.39 is 12.1 Å². The van der Waals surface area contributed by atoms with Crippen LogP contribution >= 0.6 is 22.6 Å². The van der Waals surface area contributed by atoms with Crippen LogP contribution < -0.4 is 4.74 Å². The van der Waals surface area contributed by atoms with Crippen molar-refractivity contribution in [3.8, 4) is 17.2 Å². The number of halogens is 1. The molecular weight excluding hydrogens is 611 g/mol. The molecule has 1 amide bonds. The van der Waals surface area contributed by atoms with Crippen molar-refractivity contribution in [1.29, 1.82) is 0 Å². The number of alkyl halides is 1. The number of carboxylic acid groups (broad SMARTS) is 1. The van der Waals surface area contributed by atoms with Gasteiger partial charge in [-0.1, -0.05) is 60.7 Å². The van der Waals surface area contributed by atoms with E-state index >= 15 is 0 Å². The monoisotopic (exact) mass is 646 g/mol. The van der Waals surface area contributed by atoms with Crippen LogP contribution in [0.4, 0.5) is 4.79 Å². The van der Waals surface area contributed by atoms with Gasteiger partial charge in [0.25, 0.3) is 0 Å². The number of aliphatic carboxylic acids is 1. The van der Waals surface area contributed by atoms with Crippen LogP contribution in [-0.4, -0.2) is 53.4 Å². The number of hydrogen-bond donors (Lipinski definition) is 1. The molecule has 1 aromatic heterocycles. The summed E-state index contributed by atoms with van der Waals surface area (Å²) in [5.74, 6) is 1.11. The van der Waals surface area contributed by atoms with Crippen molar-refractivity contribution in [2.24, 2.45) is 11.8 Å². The van der Waals surface area contributed by atoms with Crippen molar-refractivity contribution in [2.45, 2.75) is 44.0 Å². The molecule has 0 saturated carbocycles. The number of amides is 1. The van der Waals surface area contributed by atoms with Gasteiger partial charge in [-0.2, -0.15) is 0 Å². The summed E-state index contributed by atoms with van der Waals surface area (Å²) < 4.78 is 18.3. The molecule has 208 valence electrons. The van der Waals surface area contributed by atoms with Gasteiger partial charge >= 0.3 is 12.1 Å². The highest BCUT2D eigenvalue weighted by Gasteiger charge is 2.38. The quantitative estimate of drug-likeness (QED) is 0.188. The van der Waals surface area contributed by atoms with Crippen LogP contribution in [0.5, 0.6) is 5.75 Å². The molecule has 0 unspecified atom stereocenters. The third kappa shape index (κ3) is 7.74. The average Bonchev–Trinajstić information content (AvgIpc) is 3.50. The number of ether oxygens (including phenoxy) is 2. The van der Waals surface area contributed by atoms with Crippen molar-refractivity contribution < 1.29 is 28.6 Å². The molecule has 2 atom stereocenters. The van der Waals surface area contributed by atoms with E-state index in [9.17, 15) is 14.7 Å². The molecule has 2 aromatic carbocycles. The lowest BCUT2D eigenvalue weighted by molar-refractivity contribution is -0.138. The fraction of sp³-hybridized carbons (Fsp3) is 0.433. The largest absolute Gasteiger partial charge is 0.493 e. The number of rotatable bonds is 11. The van der Waals surface area contributed by atoms with Crippen molar-refractivity contribution in [2.75, 3.05) is 26.3 Å². The third-order valence-electron chi connectivity index (χ3n) is 6.79. The zero-order valence-electron chi connectivity index (χ0n) is 22.6. The highest BCUT2D eigenvalue weighted by molar-refractivity contribution is 14.1. The van der Waals surface area contributed by atoms with Crippen LogP contribution in [0.2, 0.25) is 0 Å². The number of carbonyl (C=O) groups excluding carboxylic acids is 1. The van der Waals surface area contributed by atoms with Gasteiger partial charge in [0.05, 0.1) is 25.3 Å². The SMILES string of the molecule is Cc1oc(-c2cccc(CI)c2)nc1CCOc1cccc([C@@H]2CN(C(=O)OCC(C)C)C[C@@H]2CC(=O)O)c1. The number of likely N-dealkylation sites (tertiary alicyclic amines) is 1. The molecule has 1 aliphatic heterocycles. The number of hydrogen-bond acceptors (Lipinski definition) is 6. The van der Waals surface area contributed by atoms with Gasteiger partial charge in [0.15, 0.2) is 0 Å². The van der Waals surface area contributed by atoms with Crippen LogP contribution in [-0.2, 0) is 20.4 Å². The second-order valence-corrected chi connectivity index (χ2v) is 11.1. The van der Waals surface area contributed by atoms with E-state index in [2.05, 4.69) is 34.7 Å². The summed E-state index contributed by atoms with van der Waals surface area (Å²) in [6.07, 6.45) is 0.182. The van der Waals surface area contributed by atoms with Gasteiger partial charge in [-0.05, 0) is 54.2 Å². The molecule has 1 fully saturated rings. The number of aryl methyl sites for hydroxylation is 1. The fourth-order valence-electron chi connectivity index (χ4n) is 4.83. The summed E-state index contributed by atoms with van der Waals surface area (Å²) in [4.78, 5) is 30.4. The van der Waals surface area contributed by atoms with Crippen molar-refractivity contribution in [3.05, 3.63) is 71.1 Å². The molecule has 0 spiro atoms. The van der Waals surface area contributed by atoms with Gasteiger partial charge < -0.3 is 23.9 Å². The molecule has 39 heavy (non-hydrogen) atoms. The first-order chi connectivity index (χ1) is 18.7. The molecule has 1 N–H and O–H groups in total. The highest BCUT2D eigenvalue weighted by Crippen LogP contribution is 2.36. The van der Waals surface area contributed by atoms with Crippen molar-refractivity contribution in [1.82, 2.24) is 9.88 Å². The molecule has 4 rings (SSSR count). The number of benzene rings is 2. The molecule has 9 heteroatoms. The Morgan fingerprint density at radius 2 is 1.97 bits per heavy atom. The molecule has 1 aliphatic rings. The van der Waals surface area contributed by atoms with Gasteiger partial charge in [0.2, 0.25) is 5.89 Å². The number of nitrogens with zero attached hydrogens (tertiary/aromatic N) is 2. The molecule has 3 aromatic rings. The summed E-state index contributed by atoms with van der Waals surface area (Å²) in [7, 11) is 0. The Balaban J connectivity index is 1.40. The molecular formula is C30H35IN2O6. The molecule has 2 heterocycles. The van der Waals surface area contributed by atoms with Crippen LogP contribution in [0.1, 0.15) is 48.8 Å². The van der Waals surface area contributed by atoms with Gasteiger partial charge in [0, 0.05) is 35.4 Å². The first-order valence-corrected chi connectivity index (χ1v) is 14.7. The highest BCUT2D eigenvalue weighted by atomic mass is 127. The predicted octanol–water partition coefficient (Wildman–Crippen LogP) is 6.49.